The van der Waals surface area contributed by atoms with Crippen LogP contribution >= 0.6 is 0 Å². The molecule has 0 saturated heterocycles. The fourth-order valence-corrected chi connectivity index (χ4v) is 1.90. The summed E-state index contributed by atoms with van der Waals surface area (Å²) in [5.74, 6) is -0.569. The van der Waals surface area contributed by atoms with Crippen molar-refractivity contribution in [2.24, 2.45) is 0 Å². The first-order chi connectivity index (χ1) is 10.8. The van der Waals surface area contributed by atoms with Gasteiger partial charge in [0.05, 0.1) is 6.54 Å². The monoisotopic (exact) mass is 320 g/mol. The number of imide groups is 1. The second kappa shape index (κ2) is 8.77. The summed E-state index contributed by atoms with van der Waals surface area (Å²) in [5.41, 5.74) is 2.14. The van der Waals surface area contributed by atoms with Crippen molar-refractivity contribution in [3.63, 3.8) is 0 Å². The van der Waals surface area contributed by atoms with Crippen LogP contribution in [0.5, 0.6) is 0 Å². The van der Waals surface area contributed by atoms with Crippen LogP contribution in [0.3, 0.4) is 0 Å². The summed E-state index contributed by atoms with van der Waals surface area (Å²) in [5, 5.41) is 10.4. The Morgan fingerprint density at radius 3 is 2.43 bits per heavy atom. The molecule has 0 spiro atoms. The first-order valence-corrected chi connectivity index (χ1v) is 7.56. The van der Waals surface area contributed by atoms with Gasteiger partial charge in [-0.05, 0) is 51.5 Å². The Balaban J connectivity index is 2.60. The highest BCUT2D eigenvalue weighted by molar-refractivity contribution is 5.97. The van der Waals surface area contributed by atoms with E-state index in [1.807, 2.05) is 20.8 Å². The summed E-state index contributed by atoms with van der Waals surface area (Å²) in [4.78, 5) is 34.8. The van der Waals surface area contributed by atoms with Gasteiger partial charge < -0.3 is 16.0 Å². The number of urea groups is 1. The maximum Gasteiger partial charge on any atom is 0.321 e. The molecular weight excluding hydrogens is 296 g/mol. The minimum atomic E-state index is -0.517. The molecule has 0 aromatic heterocycles. The molecule has 0 aliphatic rings. The molecular formula is C16H24N4O3. The van der Waals surface area contributed by atoms with E-state index in [-0.39, 0.29) is 18.5 Å². The molecule has 1 aromatic rings. The topological polar surface area (TPSA) is 99.3 Å². The average Bonchev–Trinajstić information content (AvgIpc) is 2.45. The third kappa shape index (κ3) is 6.37. The molecule has 7 nitrogen and oxygen atoms in total. The van der Waals surface area contributed by atoms with Crippen molar-refractivity contribution in [2.45, 2.75) is 33.7 Å². The number of aryl methyl sites for hydroxylation is 1. The van der Waals surface area contributed by atoms with E-state index in [0.29, 0.717) is 12.1 Å². The summed E-state index contributed by atoms with van der Waals surface area (Å²) in [6.07, 6.45) is 0. The van der Waals surface area contributed by atoms with Gasteiger partial charge in [0.25, 0.3) is 5.91 Å². The van der Waals surface area contributed by atoms with Gasteiger partial charge in [-0.2, -0.15) is 0 Å². The molecule has 0 radical (unpaired) electrons. The number of nitrogens with one attached hydrogen (secondary N) is 4. The van der Waals surface area contributed by atoms with E-state index in [9.17, 15) is 14.4 Å². The van der Waals surface area contributed by atoms with E-state index in [1.165, 1.54) is 0 Å². The lowest BCUT2D eigenvalue weighted by molar-refractivity contribution is -0.118. The third-order valence-corrected chi connectivity index (χ3v) is 2.94. The maximum atomic E-state index is 11.9. The van der Waals surface area contributed by atoms with Crippen molar-refractivity contribution in [2.75, 3.05) is 18.4 Å². The zero-order chi connectivity index (χ0) is 17.4. The number of benzene rings is 1. The standard InChI is InChI=1S/C16H24N4O3/c1-5-17-16(23)20-14(21)9-18-13-7-6-12(8-11(13)4)15(22)19-10(2)3/h6-8,10,18H,5,9H2,1-4H3,(H,19,22)(H2,17,20,21,23). The van der Waals surface area contributed by atoms with Crippen molar-refractivity contribution in [3.8, 4) is 0 Å². The van der Waals surface area contributed by atoms with Crippen LogP contribution in [-0.2, 0) is 4.79 Å². The first kappa shape index (κ1) is 18.5. The number of carbonyl (C=O) groups excluding carboxylic acids is 3. The highest BCUT2D eigenvalue weighted by atomic mass is 16.2. The van der Waals surface area contributed by atoms with E-state index in [2.05, 4.69) is 21.3 Å². The first-order valence-electron chi connectivity index (χ1n) is 7.56. The van der Waals surface area contributed by atoms with Gasteiger partial charge in [-0.1, -0.05) is 0 Å². The van der Waals surface area contributed by atoms with Gasteiger partial charge in [0.2, 0.25) is 5.91 Å². The molecule has 126 valence electrons. The fourth-order valence-electron chi connectivity index (χ4n) is 1.90. The highest BCUT2D eigenvalue weighted by Gasteiger charge is 2.10. The summed E-state index contributed by atoms with van der Waals surface area (Å²) >= 11 is 0. The van der Waals surface area contributed by atoms with E-state index in [1.54, 1.807) is 25.1 Å². The number of hydrogen-bond donors (Lipinski definition) is 4. The highest BCUT2D eigenvalue weighted by Crippen LogP contribution is 2.16. The fraction of sp³-hybridized carbons (Fsp3) is 0.438. The molecule has 1 rings (SSSR count). The van der Waals surface area contributed by atoms with Gasteiger partial charge in [0, 0.05) is 23.8 Å². The minimum Gasteiger partial charge on any atom is -0.376 e. The molecule has 7 heteroatoms. The molecule has 0 bridgehead atoms. The van der Waals surface area contributed by atoms with Crippen LogP contribution in [0, 0.1) is 6.92 Å². The van der Waals surface area contributed by atoms with Gasteiger partial charge in [-0.3, -0.25) is 14.9 Å². The van der Waals surface area contributed by atoms with Crippen LogP contribution in [0.4, 0.5) is 10.5 Å². The zero-order valence-corrected chi connectivity index (χ0v) is 13.9. The predicted octanol–water partition coefficient (Wildman–Crippen LogP) is 1.39. The normalized spacial score (nSPS) is 10.1. The Morgan fingerprint density at radius 1 is 1.17 bits per heavy atom. The molecule has 0 unspecified atom stereocenters. The Labute approximate surface area is 136 Å². The van der Waals surface area contributed by atoms with Crippen LogP contribution in [0.25, 0.3) is 0 Å². The minimum absolute atomic E-state index is 0.0322. The number of carbonyl (C=O) groups is 3. The van der Waals surface area contributed by atoms with Crippen molar-refractivity contribution in [1.29, 1.82) is 0 Å². The molecule has 0 aliphatic heterocycles. The Kier molecular flexibility index (Phi) is 7.05. The second-order valence-corrected chi connectivity index (χ2v) is 5.42. The second-order valence-electron chi connectivity index (χ2n) is 5.42. The van der Waals surface area contributed by atoms with Crippen molar-refractivity contribution in [1.82, 2.24) is 16.0 Å². The lowest BCUT2D eigenvalue weighted by atomic mass is 10.1. The number of hydrogen-bond acceptors (Lipinski definition) is 4. The van der Waals surface area contributed by atoms with E-state index < -0.39 is 11.9 Å². The Morgan fingerprint density at radius 2 is 1.87 bits per heavy atom. The lowest BCUT2D eigenvalue weighted by Gasteiger charge is -2.12. The Bertz CT molecular complexity index is 585. The number of rotatable bonds is 6. The number of anilines is 1. The summed E-state index contributed by atoms with van der Waals surface area (Å²) in [6, 6.07) is 4.73. The molecule has 0 fully saturated rings. The van der Waals surface area contributed by atoms with Crippen LogP contribution in [0.15, 0.2) is 18.2 Å². The average molecular weight is 320 g/mol. The summed E-state index contributed by atoms with van der Waals surface area (Å²) in [7, 11) is 0. The van der Waals surface area contributed by atoms with Gasteiger partial charge in [0.1, 0.15) is 0 Å². The summed E-state index contributed by atoms with van der Waals surface area (Å²) < 4.78 is 0. The molecule has 0 atom stereocenters. The van der Waals surface area contributed by atoms with Crippen molar-refractivity contribution >= 4 is 23.5 Å². The zero-order valence-electron chi connectivity index (χ0n) is 13.9. The van der Waals surface area contributed by atoms with E-state index in [0.717, 1.165) is 11.3 Å². The van der Waals surface area contributed by atoms with Crippen LogP contribution < -0.4 is 21.3 Å². The van der Waals surface area contributed by atoms with Crippen LogP contribution in [-0.4, -0.2) is 37.0 Å². The Hall–Kier alpha value is -2.57. The van der Waals surface area contributed by atoms with Crippen LogP contribution in [0.1, 0.15) is 36.7 Å². The van der Waals surface area contributed by atoms with Crippen LogP contribution in [0.2, 0.25) is 0 Å². The van der Waals surface area contributed by atoms with E-state index >= 15 is 0 Å². The molecule has 0 heterocycles. The molecule has 1 aromatic carbocycles. The number of amides is 4. The van der Waals surface area contributed by atoms with Gasteiger partial charge >= 0.3 is 6.03 Å². The van der Waals surface area contributed by atoms with Gasteiger partial charge in [0.15, 0.2) is 0 Å². The maximum absolute atomic E-state index is 11.9. The lowest BCUT2D eigenvalue weighted by Crippen LogP contribution is -2.41. The largest absolute Gasteiger partial charge is 0.376 e. The predicted molar refractivity (Wildman–Crippen MR) is 89.5 cm³/mol. The molecule has 0 saturated carbocycles. The van der Waals surface area contributed by atoms with Crippen molar-refractivity contribution < 1.29 is 14.4 Å². The molecule has 0 aliphatic carbocycles. The molecule has 23 heavy (non-hydrogen) atoms. The van der Waals surface area contributed by atoms with Crippen molar-refractivity contribution in [3.05, 3.63) is 29.3 Å². The third-order valence-electron chi connectivity index (χ3n) is 2.94. The van der Waals surface area contributed by atoms with Gasteiger partial charge in [-0.15, -0.1) is 0 Å². The van der Waals surface area contributed by atoms with E-state index in [4.69, 9.17) is 0 Å². The smallest absolute Gasteiger partial charge is 0.321 e. The molecule has 4 N–H and O–H groups in total. The van der Waals surface area contributed by atoms with Gasteiger partial charge in [-0.25, -0.2) is 4.79 Å². The quantitative estimate of drug-likeness (QED) is 0.636. The SMILES string of the molecule is CCNC(=O)NC(=O)CNc1ccc(C(=O)NC(C)C)cc1C. The summed E-state index contributed by atoms with van der Waals surface area (Å²) in [6.45, 7) is 7.82. The molecule has 4 amide bonds.